The second kappa shape index (κ2) is 7.22. The average Bonchev–Trinajstić information content (AvgIpc) is 3.37. The van der Waals surface area contributed by atoms with Crippen LogP contribution in [0, 0.1) is 0 Å². The monoisotopic (exact) mass is 367 g/mol. The minimum Gasteiger partial charge on any atom is -0.459 e. The number of piperidine rings is 1. The fraction of sp³-hybridized carbons (Fsp3) is 0.368. The molecule has 140 valence electrons. The first-order valence-electron chi connectivity index (χ1n) is 9.12. The summed E-state index contributed by atoms with van der Waals surface area (Å²) in [4.78, 5) is 26.6. The van der Waals surface area contributed by atoms with Gasteiger partial charge in [0.05, 0.1) is 11.8 Å². The third-order valence-corrected chi connectivity index (χ3v) is 4.92. The number of carbonyl (C=O) groups excluding carboxylic acids is 2. The van der Waals surface area contributed by atoms with Gasteiger partial charge in [-0.05, 0) is 50.1 Å². The van der Waals surface area contributed by atoms with Gasteiger partial charge in [0.2, 0.25) is 0 Å². The van der Waals surface area contributed by atoms with Crippen LogP contribution in [0.4, 0.5) is 0 Å². The fourth-order valence-corrected chi connectivity index (χ4v) is 3.40. The Labute approximate surface area is 156 Å². The Morgan fingerprint density at radius 1 is 1.26 bits per heavy atom. The minimum atomic E-state index is -0.126. The number of furan rings is 1. The molecule has 0 spiro atoms. The number of benzene rings is 1. The molecule has 3 heterocycles. The summed E-state index contributed by atoms with van der Waals surface area (Å²) in [5, 5.41) is 11.2. The molecule has 8 nitrogen and oxygen atoms in total. The first kappa shape index (κ1) is 17.3. The summed E-state index contributed by atoms with van der Waals surface area (Å²) in [6, 6.07) is 8.85. The van der Waals surface area contributed by atoms with Gasteiger partial charge in [-0.3, -0.25) is 9.59 Å². The SMILES string of the molecule is CCn1nnc2cc(C(=O)NC3CCN(C(=O)c4ccco4)CC3)ccc21. The molecule has 1 saturated heterocycles. The highest BCUT2D eigenvalue weighted by molar-refractivity contribution is 5.97. The van der Waals surface area contributed by atoms with Crippen LogP contribution in [0.5, 0.6) is 0 Å². The van der Waals surface area contributed by atoms with Gasteiger partial charge in [0, 0.05) is 31.2 Å². The summed E-state index contributed by atoms with van der Waals surface area (Å²) in [6.07, 6.45) is 2.93. The first-order chi connectivity index (χ1) is 13.2. The van der Waals surface area contributed by atoms with E-state index in [9.17, 15) is 9.59 Å². The van der Waals surface area contributed by atoms with Crippen molar-refractivity contribution >= 4 is 22.8 Å². The summed E-state index contributed by atoms with van der Waals surface area (Å²) >= 11 is 0. The smallest absolute Gasteiger partial charge is 0.289 e. The molecule has 0 aliphatic carbocycles. The molecule has 2 aromatic heterocycles. The summed E-state index contributed by atoms with van der Waals surface area (Å²) in [5.41, 5.74) is 2.20. The topological polar surface area (TPSA) is 93.3 Å². The summed E-state index contributed by atoms with van der Waals surface area (Å²) < 4.78 is 6.96. The summed E-state index contributed by atoms with van der Waals surface area (Å²) in [7, 11) is 0. The highest BCUT2D eigenvalue weighted by Gasteiger charge is 2.26. The lowest BCUT2D eigenvalue weighted by atomic mass is 10.0. The van der Waals surface area contributed by atoms with E-state index in [1.807, 2.05) is 13.0 Å². The van der Waals surface area contributed by atoms with Crippen LogP contribution in [0.3, 0.4) is 0 Å². The number of aromatic nitrogens is 3. The zero-order valence-electron chi connectivity index (χ0n) is 15.1. The van der Waals surface area contributed by atoms with Gasteiger partial charge in [-0.25, -0.2) is 4.68 Å². The molecule has 0 radical (unpaired) electrons. The van der Waals surface area contributed by atoms with Crippen molar-refractivity contribution in [3.05, 3.63) is 47.9 Å². The highest BCUT2D eigenvalue weighted by Crippen LogP contribution is 2.17. The van der Waals surface area contributed by atoms with Gasteiger partial charge in [-0.1, -0.05) is 5.21 Å². The van der Waals surface area contributed by atoms with E-state index < -0.39 is 0 Å². The van der Waals surface area contributed by atoms with Gasteiger partial charge < -0.3 is 14.6 Å². The maximum atomic E-state index is 12.6. The Hall–Kier alpha value is -3.16. The van der Waals surface area contributed by atoms with Gasteiger partial charge in [-0.2, -0.15) is 0 Å². The average molecular weight is 367 g/mol. The largest absolute Gasteiger partial charge is 0.459 e. The van der Waals surface area contributed by atoms with Gasteiger partial charge in [-0.15, -0.1) is 5.10 Å². The van der Waals surface area contributed by atoms with Crippen molar-refractivity contribution in [2.75, 3.05) is 13.1 Å². The van der Waals surface area contributed by atoms with Gasteiger partial charge in [0.1, 0.15) is 5.52 Å². The summed E-state index contributed by atoms with van der Waals surface area (Å²) in [5.74, 6) is 0.124. The quantitative estimate of drug-likeness (QED) is 0.762. The zero-order chi connectivity index (χ0) is 18.8. The third kappa shape index (κ3) is 3.42. The number of hydrogen-bond acceptors (Lipinski definition) is 5. The van der Waals surface area contributed by atoms with Crippen molar-refractivity contribution in [2.24, 2.45) is 0 Å². The number of fused-ring (bicyclic) bond motifs is 1. The van der Waals surface area contributed by atoms with Crippen molar-refractivity contribution in [2.45, 2.75) is 32.4 Å². The third-order valence-electron chi connectivity index (χ3n) is 4.92. The molecular formula is C19H21N5O3. The van der Waals surface area contributed by atoms with Crippen molar-refractivity contribution in [3.8, 4) is 0 Å². The zero-order valence-corrected chi connectivity index (χ0v) is 15.1. The lowest BCUT2D eigenvalue weighted by Gasteiger charge is -2.31. The number of carbonyl (C=O) groups is 2. The minimum absolute atomic E-state index is 0.0418. The van der Waals surface area contributed by atoms with E-state index in [4.69, 9.17) is 4.42 Å². The molecule has 3 aromatic rings. The maximum Gasteiger partial charge on any atom is 0.289 e. The van der Waals surface area contributed by atoms with Gasteiger partial charge >= 0.3 is 0 Å². The van der Waals surface area contributed by atoms with E-state index in [1.54, 1.807) is 33.8 Å². The number of hydrogen-bond donors (Lipinski definition) is 1. The molecule has 2 amide bonds. The molecule has 8 heteroatoms. The Morgan fingerprint density at radius 3 is 2.78 bits per heavy atom. The standard InChI is InChI=1S/C19H21N5O3/c1-2-24-16-6-5-13(12-15(16)21-22-24)18(25)20-14-7-9-23(10-8-14)19(26)17-4-3-11-27-17/h3-6,11-12,14H,2,7-10H2,1H3,(H,20,25). The molecule has 1 aliphatic heterocycles. The van der Waals surface area contributed by atoms with Gasteiger partial charge in [0.15, 0.2) is 5.76 Å². The molecule has 0 unspecified atom stereocenters. The first-order valence-corrected chi connectivity index (χ1v) is 9.12. The molecular weight excluding hydrogens is 346 g/mol. The Kier molecular flexibility index (Phi) is 4.62. The number of nitrogens with zero attached hydrogens (tertiary/aromatic N) is 4. The van der Waals surface area contributed by atoms with E-state index in [-0.39, 0.29) is 17.9 Å². The molecule has 0 bridgehead atoms. The van der Waals surface area contributed by atoms with Crippen molar-refractivity contribution in [1.82, 2.24) is 25.2 Å². The maximum absolute atomic E-state index is 12.6. The molecule has 4 rings (SSSR count). The number of likely N-dealkylation sites (tertiary alicyclic amines) is 1. The van der Waals surface area contributed by atoms with Crippen LogP contribution in [0.25, 0.3) is 11.0 Å². The number of rotatable bonds is 4. The van der Waals surface area contributed by atoms with Crippen LogP contribution in [0.2, 0.25) is 0 Å². The van der Waals surface area contributed by atoms with Gasteiger partial charge in [0.25, 0.3) is 11.8 Å². The molecule has 1 aliphatic rings. The van der Waals surface area contributed by atoms with Crippen LogP contribution in [0.1, 0.15) is 40.7 Å². The predicted octanol–water partition coefficient (Wildman–Crippen LogP) is 2.08. The van der Waals surface area contributed by atoms with Crippen molar-refractivity contribution < 1.29 is 14.0 Å². The molecule has 1 fully saturated rings. The van der Waals surface area contributed by atoms with Crippen LogP contribution >= 0.6 is 0 Å². The Bertz CT molecular complexity index is 955. The second-order valence-corrected chi connectivity index (χ2v) is 6.63. The number of amides is 2. The normalized spacial score (nSPS) is 15.2. The molecule has 1 aromatic carbocycles. The van der Waals surface area contributed by atoms with E-state index in [1.165, 1.54) is 6.26 Å². The Morgan fingerprint density at radius 2 is 2.07 bits per heavy atom. The van der Waals surface area contributed by atoms with Crippen molar-refractivity contribution in [3.63, 3.8) is 0 Å². The fourth-order valence-electron chi connectivity index (χ4n) is 3.40. The number of aryl methyl sites for hydroxylation is 1. The number of nitrogens with one attached hydrogen (secondary N) is 1. The van der Waals surface area contributed by atoms with Crippen molar-refractivity contribution in [1.29, 1.82) is 0 Å². The van der Waals surface area contributed by atoms with Crippen LogP contribution in [-0.2, 0) is 6.54 Å². The van der Waals surface area contributed by atoms with E-state index in [0.717, 1.165) is 12.1 Å². The molecule has 0 saturated carbocycles. The lowest BCUT2D eigenvalue weighted by molar-refractivity contribution is 0.0667. The highest BCUT2D eigenvalue weighted by atomic mass is 16.3. The summed E-state index contributed by atoms with van der Waals surface area (Å²) in [6.45, 7) is 3.91. The van der Waals surface area contributed by atoms with E-state index in [2.05, 4.69) is 15.6 Å². The Balaban J connectivity index is 1.36. The van der Waals surface area contributed by atoms with Crippen LogP contribution in [-0.4, -0.2) is 50.8 Å². The molecule has 0 atom stereocenters. The lowest BCUT2D eigenvalue weighted by Crippen LogP contribution is -2.46. The van der Waals surface area contributed by atoms with E-state index >= 15 is 0 Å². The van der Waals surface area contributed by atoms with Crippen LogP contribution in [0.15, 0.2) is 41.0 Å². The molecule has 27 heavy (non-hydrogen) atoms. The van der Waals surface area contributed by atoms with E-state index in [0.29, 0.717) is 42.8 Å². The predicted molar refractivity (Wildman–Crippen MR) is 98.3 cm³/mol. The van der Waals surface area contributed by atoms with Crippen LogP contribution < -0.4 is 5.32 Å². The second-order valence-electron chi connectivity index (χ2n) is 6.63. The molecule has 1 N–H and O–H groups in total.